The second-order valence-electron chi connectivity index (χ2n) is 3.91. The number of imide groups is 1. The largest absolute Gasteiger partial charge is 0.480 e. The molecule has 0 bridgehead atoms. The minimum Gasteiger partial charge on any atom is -0.480 e. The first-order valence-corrected chi connectivity index (χ1v) is 5.72. The molecule has 1 heterocycles. The van der Waals surface area contributed by atoms with Crippen LogP contribution in [0.5, 0.6) is 0 Å². The molecule has 1 N–H and O–H groups in total. The van der Waals surface area contributed by atoms with Gasteiger partial charge in [0.2, 0.25) is 0 Å². The smallest absolute Gasteiger partial charge is 0.329 e. The lowest BCUT2D eigenvalue weighted by molar-refractivity contribution is -0.139. The molecule has 1 aliphatic rings. The normalized spacial score (nSPS) is 15.3. The van der Waals surface area contributed by atoms with Gasteiger partial charge in [-0.25, -0.2) is 0 Å². The quantitative estimate of drug-likeness (QED) is 0.494. The van der Waals surface area contributed by atoms with E-state index in [2.05, 4.69) is 0 Å². The molecule has 0 spiro atoms. The molecule has 0 saturated heterocycles. The van der Waals surface area contributed by atoms with Crippen LogP contribution in [0.1, 0.15) is 20.7 Å². The lowest BCUT2D eigenvalue weighted by Gasteiger charge is -2.13. The number of Topliss-reactive ketones (excluding diaryl/α,β-unsaturated/α-hetero) is 1. The number of aliphatic carboxylic acids is 1. The van der Waals surface area contributed by atoms with Crippen molar-refractivity contribution in [2.24, 2.45) is 0 Å². The van der Waals surface area contributed by atoms with Crippen LogP contribution in [0.2, 0.25) is 0 Å². The Kier molecular flexibility index (Phi) is 3.35. The molecule has 0 saturated carbocycles. The van der Waals surface area contributed by atoms with Gasteiger partial charge >= 0.3 is 5.97 Å². The fourth-order valence-corrected chi connectivity index (χ4v) is 1.83. The van der Waals surface area contributed by atoms with E-state index in [0.29, 0.717) is 4.90 Å². The summed E-state index contributed by atoms with van der Waals surface area (Å²) in [5.41, 5.74) is 0.392. The number of rotatable bonds is 4. The summed E-state index contributed by atoms with van der Waals surface area (Å²) < 4.78 is 0. The highest BCUT2D eigenvalue weighted by Crippen LogP contribution is 2.22. The Bertz CT molecular complexity index is 563. The standard InChI is InChI=1S/C12H8ClNO5/c13-9(12(18)19)8(15)5-14-10(16)6-3-1-2-4-7(6)11(14)17/h1-4,9H,5H2,(H,18,19). The third-order valence-corrected chi connectivity index (χ3v) is 3.12. The fraction of sp³-hybridized carbons (Fsp3) is 0.167. The van der Waals surface area contributed by atoms with Gasteiger partial charge in [-0.1, -0.05) is 12.1 Å². The molecular weight excluding hydrogens is 274 g/mol. The molecule has 0 aliphatic carbocycles. The summed E-state index contributed by atoms with van der Waals surface area (Å²) >= 11 is 5.35. The van der Waals surface area contributed by atoms with E-state index in [-0.39, 0.29) is 11.1 Å². The molecule has 1 aliphatic heterocycles. The van der Waals surface area contributed by atoms with Gasteiger partial charge in [-0.2, -0.15) is 0 Å². The van der Waals surface area contributed by atoms with E-state index in [1.807, 2.05) is 0 Å². The maximum absolute atomic E-state index is 11.9. The molecule has 0 aromatic heterocycles. The first-order chi connectivity index (χ1) is 8.93. The maximum atomic E-state index is 11.9. The fourth-order valence-electron chi connectivity index (χ4n) is 1.76. The summed E-state index contributed by atoms with van der Waals surface area (Å²) in [4.78, 5) is 46.6. The molecule has 98 valence electrons. The zero-order chi connectivity index (χ0) is 14.2. The van der Waals surface area contributed by atoms with Crippen LogP contribution in [0.15, 0.2) is 24.3 Å². The van der Waals surface area contributed by atoms with Gasteiger partial charge in [-0.3, -0.25) is 24.1 Å². The van der Waals surface area contributed by atoms with Gasteiger partial charge in [0, 0.05) is 0 Å². The highest BCUT2D eigenvalue weighted by molar-refractivity contribution is 6.41. The van der Waals surface area contributed by atoms with Crippen LogP contribution in [0.3, 0.4) is 0 Å². The molecule has 1 aromatic rings. The Morgan fingerprint density at radius 2 is 1.63 bits per heavy atom. The van der Waals surface area contributed by atoms with Crippen molar-refractivity contribution in [1.29, 1.82) is 0 Å². The van der Waals surface area contributed by atoms with Crippen molar-refractivity contribution < 1.29 is 24.3 Å². The van der Waals surface area contributed by atoms with Crippen LogP contribution in [-0.4, -0.2) is 45.5 Å². The minimum atomic E-state index is -1.77. The van der Waals surface area contributed by atoms with Crippen molar-refractivity contribution in [3.05, 3.63) is 35.4 Å². The average Bonchev–Trinajstić information content (AvgIpc) is 2.63. The third-order valence-electron chi connectivity index (χ3n) is 2.69. The molecule has 0 fully saturated rings. The van der Waals surface area contributed by atoms with Crippen LogP contribution in [0, 0.1) is 0 Å². The summed E-state index contributed by atoms with van der Waals surface area (Å²) in [5, 5.41) is 6.82. The van der Waals surface area contributed by atoms with E-state index in [0.717, 1.165) is 0 Å². The van der Waals surface area contributed by atoms with E-state index >= 15 is 0 Å². The number of amides is 2. The zero-order valence-electron chi connectivity index (χ0n) is 9.50. The molecule has 2 rings (SSSR count). The van der Waals surface area contributed by atoms with Gasteiger partial charge in [-0.15, -0.1) is 11.6 Å². The lowest BCUT2D eigenvalue weighted by atomic mass is 10.1. The molecule has 2 amide bonds. The Labute approximate surface area is 112 Å². The highest BCUT2D eigenvalue weighted by atomic mass is 35.5. The second-order valence-corrected chi connectivity index (χ2v) is 4.35. The molecule has 1 aromatic carbocycles. The van der Waals surface area contributed by atoms with Crippen LogP contribution in [0.25, 0.3) is 0 Å². The first-order valence-electron chi connectivity index (χ1n) is 5.28. The van der Waals surface area contributed by atoms with Crippen LogP contribution in [0.4, 0.5) is 0 Å². The van der Waals surface area contributed by atoms with Crippen molar-refractivity contribution in [2.45, 2.75) is 5.38 Å². The Morgan fingerprint density at radius 1 is 1.16 bits per heavy atom. The van der Waals surface area contributed by atoms with Crippen molar-refractivity contribution in [2.75, 3.05) is 6.54 Å². The number of carboxylic acid groups (broad SMARTS) is 1. The summed E-state index contributed by atoms with van der Waals surface area (Å²) in [6, 6.07) is 6.12. The summed E-state index contributed by atoms with van der Waals surface area (Å²) in [7, 11) is 0. The maximum Gasteiger partial charge on any atom is 0.329 e. The minimum absolute atomic E-state index is 0.196. The lowest BCUT2D eigenvalue weighted by Crippen LogP contribution is -2.39. The topological polar surface area (TPSA) is 91.8 Å². The molecule has 6 nitrogen and oxygen atoms in total. The van der Waals surface area contributed by atoms with E-state index in [1.165, 1.54) is 12.1 Å². The van der Waals surface area contributed by atoms with E-state index in [4.69, 9.17) is 16.7 Å². The molecular formula is C12H8ClNO5. The van der Waals surface area contributed by atoms with Gasteiger partial charge in [0.1, 0.15) is 0 Å². The summed E-state index contributed by atoms with van der Waals surface area (Å²) in [6.45, 7) is -0.646. The van der Waals surface area contributed by atoms with Gasteiger partial charge in [0.05, 0.1) is 17.7 Å². The molecule has 19 heavy (non-hydrogen) atoms. The summed E-state index contributed by atoms with van der Waals surface area (Å²) in [5.74, 6) is -3.67. The van der Waals surface area contributed by atoms with Gasteiger partial charge < -0.3 is 5.11 Å². The highest BCUT2D eigenvalue weighted by Gasteiger charge is 2.38. The molecule has 1 atom stereocenters. The molecule has 0 radical (unpaired) electrons. The SMILES string of the molecule is O=C(O)C(Cl)C(=O)CN1C(=O)c2ccccc2C1=O. The van der Waals surface area contributed by atoms with E-state index in [1.54, 1.807) is 12.1 Å². The number of ketones is 1. The number of carbonyl (C=O) groups excluding carboxylic acids is 3. The van der Waals surface area contributed by atoms with Gasteiger partial charge in [0.25, 0.3) is 11.8 Å². The Balaban J connectivity index is 2.21. The number of hydrogen-bond donors (Lipinski definition) is 1. The van der Waals surface area contributed by atoms with Gasteiger partial charge in [0.15, 0.2) is 11.2 Å². The number of hydrogen-bond acceptors (Lipinski definition) is 4. The van der Waals surface area contributed by atoms with Crippen LogP contribution < -0.4 is 0 Å². The van der Waals surface area contributed by atoms with Crippen LogP contribution >= 0.6 is 11.6 Å². The summed E-state index contributed by atoms with van der Waals surface area (Å²) in [6.07, 6.45) is 0. The zero-order valence-corrected chi connectivity index (χ0v) is 10.3. The number of nitrogens with zero attached hydrogens (tertiary/aromatic N) is 1. The van der Waals surface area contributed by atoms with E-state index in [9.17, 15) is 19.2 Å². The molecule has 7 heteroatoms. The Hall–Kier alpha value is -2.21. The number of benzene rings is 1. The number of fused-ring (bicyclic) bond motifs is 1. The number of carbonyl (C=O) groups is 4. The predicted molar refractivity (Wildman–Crippen MR) is 64.1 cm³/mol. The van der Waals surface area contributed by atoms with Crippen LogP contribution in [-0.2, 0) is 9.59 Å². The number of carboxylic acids is 1. The third kappa shape index (κ3) is 2.22. The monoisotopic (exact) mass is 281 g/mol. The number of halogens is 1. The second kappa shape index (κ2) is 4.81. The first kappa shape index (κ1) is 13.2. The number of alkyl halides is 1. The van der Waals surface area contributed by atoms with E-state index < -0.39 is 35.5 Å². The van der Waals surface area contributed by atoms with Crippen molar-refractivity contribution in [1.82, 2.24) is 4.90 Å². The Morgan fingerprint density at radius 3 is 2.05 bits per heavy atom. The molecule has 1 unspecified atom stereocenters. The predicted octanol–water partition coefficient (Wildman–Crippen LogP) is 0.544. The average molecular weight is 282 g/mol. The van der Waals surface area contributed by atoms with Crippen molar-refractivity contribution in [3.8, 4) is 0 Å². The van der Waals surface area contributed by atoms with Gasteiger partial charge in [-0.05, 0) is 12.1 Å². The van der Waals surface area contributed by atoms with Crippen molar-refractivity contribution in [3.63, 3.8) is 0 Å². The van der Waals surface area contributed by atoms with Crippen molar-refractivity contribution >= 4 is 35.2 Å².